The first kappa shape index (κ1) is 19.5. The molecule has 1 aliphatic heterocycles. The summed E-state index contributed by atoms with van der Waals surface area (Å²) in [5.74, 6) is 0.539. The first-order valence-corrected chi connectivity index (χ1v) is 9.85. The number of fused-ring (bicyclic) bond motifs is 1. The number of hydrogen-bond donors (Lipinski definition) is 1. The van der Waals surface area contributed by atoms with Crippen molar-refractivity contribution >= 4 is 23.2 Å². The topological polar surface area (TPSA) is 55.8 Å². The minimum atomic E-state index is -0.961. The predicted molar refractivity (Wildman–Crippen MR) is 118 cm³/mol. The molecule has 1 N–H and O–H groups in total. The summed E-state index contributed by atoms with van der Waals surface area (Å²) in [5.41, 5.74) is 6.46. The number of rotatable bonds is 6. The SMILES string of the molecule is CC/C(=C(/c1ccc(/C=C/C(=O)O)cc1)c1ccc2c(c1)OCO2)c1ccccc1. The summed E-state index contributed by atoms with van der Waals surface area (Å²) in [7, 11) is 0. The van der Waals surface area contributed by atoms with Gasteiger partial charge in [-0.2, -0.15) is 0 Å². The Balaban J connectivity index is 1.86. The highest BCUT2D eigenvalue weighted by Gasteiger charge is 2.18. The van der Waals surface area contributed by atoms with Crippen molar-refractivity contribution in [2.45, 2.75) is 13.3 Å². The van der Waals surface area contributed by atoms with Crippen molar-refractivity contribution < 1.29 is 19.4 Å². The zero-order valence-corrected chi connectivity index (χ0v) is 16.7. The Morgan fingerprint density at radius 3 is 2.30 bits per heavy atom. The molecule has 0 fully saturated rings. The van der Waals surface area contributed by atoms with Gasteiger partial charge in [-0.3, -0.25) is 0 Å². The van der Waals surface area contributed by atoms with E-state index in [0.717, 1.165) is 46.3 Å². The second-order valence-electron chi connectivity index (χ2n) is 6.93. The van der Waals surface area contributed by atoms with Gasteiger partial charge in [0, 0.05) is 6.08 Å². The van der Waals surface area contributed by atoms with Crippen LogP contribution in [0.1, 0.15) is 35.6 Å². The maximum Gasteiger partial charge on any atom is 0.328 e. The van der Waals surface area contributed by atoms with Crippen molar-refractivity contribution in [1.29, 1.82) is 0 Å². The fraction of sp³-hybridized carbons (Fsp3) is 0.115. The third kappa shape index (κ3) is 4.13. The van der Waals surface area contributed by atoms with E-state index in [1.165, 1.54) is 11.1 Å². The zero-order valence-electron chi connectivity index (χ0n) is 16.7. The maximum atomic E-state index is 10.8. The van der Waals surface area contributed by atoms with Gasteiger partial charge in [0.2, 0.25) is 6.79 Å². The van der Waals surface area contributed by atoms with Crippen LogP contribution >= 0.6 is 0 Å². The molecule has 4 heteroatoms. The van der Waals surface area contributed by atoms with E-state index in [2.05, 4.69) is 25.1 Å². The lowest BCUT2D eigenvalue weighted by Gasteiger charge is -2.17. The Hall–Kier alpha value is -3.79. The van der Waals surface area contributed by atoms with Crippen LogP contribution in [0.3, 0.4) is 0 Å². The van der Waals surface area contributed by atoms with Crippen molar-refractivity contribution in [3.8, 4) is 11.5 Å². The lowest BCUT2D eigenvalue weighted by molar-refractivity contribution is -0.131. The molecular formula is C26H22O4. The van der Waals surface area contributed by atoms with Crippen LogP contribution in [-0.2, 0) is 4.79 Å². The Kier molecular flexibility index (Phi) is 5.66. The molecule has 0 bridgehead atoms. The van der Waals surface area contributed by atoms with Crippen LogP contribution in [-0.4, -0.2) is 17.9 Å². The van der Waals surface area contributed by atoms with E-state index in [0.29, 0.717) is 0 Å². The van der Waals surface area contributed by atoms with E-state index >= 15 is 0 Å². The van der Waals surface area contributed by atoms with Crippen LogP contribution in [0.25, 0.3) is 17.2 Å². The number of benzene rings is 3. The van der Waals surface area contributed by atoms with Gasteiger partial charge in [-0.05, 0) is 58.0 Å². The molecule has 0 amide bonds. The van der Waals surface area contributed by atoms with E-state index in [4.69, 9.17) is 14.6 Å². The molecule has 0 saturated carbocycles. The van der Waals surface area contributed by atoms with E-state index in [9.17, 15) is 4.79 Å². The second kappa shape index (κ2) is 8.70. The lowest BCUT2D eigenvalue weighted by Crippen LogP contribution is -1.96. The van der Waals surface area contributed by atoms with Gasteiger partial charge in [-0.1, -0.05) is 67.6 Å². The molecule has 0 spiro atoms. The molecule has 30 heavy (non-hydrogen) atoms. The van der Waals surface area contributed by atoms with Gasteiger partial charge in [0.05, 0.1) is 0 Å². The Bertz CT molecular complexity index is 1110. The molecule has 3 aromatic carbocycles. The molecule has 0 unspecified atom stereocenters. The van der Waals surface area contributed by atoms with Crippen molar-refractivity contribution in [3.05, 3.63) is 101 Å². The lowest BCUT2D eigenvalue weighted by atomic mass is 9.88. The van der Waals surface area contributed by atoms with E-state index in [1.807, 2.05) is 54.6 Å². The summed E-state index contributed by atoms with van der Waals surface area (Å²) in [6.45, 7) is 2.39. The Morgan fingerprint density at radius 2 is 1.60 bits per heavy atom. The number of carboxylic acids is 1. The molecule has 0 saturated heterocycles. The van der Waals surface area contributed by atoms with E-state index < -0.39 is 5.97 Å². The minimum Gasteiger partial charge on any atom is -0.478 e. The quantitative estimate of drug-likeness (QED) is 0.416. The number of carbonyl (C=O) groups is 1. The van der Waals surface area contributed by atoms with Gasteiger partial charge < -0.3 is 14.6 Å². The molecule has 0 atom stereocenters. The van der Waals surface area contributed by atoms with Gasteiger partial charge in [0.1, 0.15) is 0 Å². The first-order chi connectivity index (χ1) is 14.7. The highest BCUT2D eigenvalue weighted by Crippen LogP contribution is 2.39. The van der Waals surface area contributed by atoms with Crippen molar-refractivity contribution in [1.82, 2.24) is 0 Å². The molecule has 0 radical (unpaired) electrons. The molecule has 1 aliphatic rings. The number of ether oxygens (including phenoxy) is 2. The molecular weight excluding hydrogens is 376 g/mol. The van der Waals surface area contributed by atoms with Crippen LogP contribution in [0, 0.1) is 0 Å². The summed E-state index contributed by atoms with van der Waals surface area (Å²) in [4.78, 5) is 10.8. The molecule has 150 valence electrons. The van der Waals surface area contributed by atoms with E-state index in [1.54, 1.807) is 6.08 Å². The van der Waals surface area contributed by atoms with E-state index in [-0.39, 0.29) is 6.79 Å². The molecule has 0 aromatic heterocycles. The number of aliphatic carboxylic acids is 1. The van der Waals surface area contributed by atoms with Gasteiger partial charge in [0.15, 0.2) is 11.5 Å². The Morgan fingerprint density at radius 1 is 0.900 bits per heavy atom. The van der Waals surface area contributed by atoms with Crippen LogP contribution in [0.2, 0.25) is 0 Å². The summed E-state index contributed by atoms with van der Waals surface area (Å²) in [5, 5.41) is 8.86. The van der Waals surface area contributed by atoms with Crippen LogP contribution in [0.15, 0.2) is 78.9 Å². The van der Waals surface area contributed by atoms with Crippen LogP contribution in [0.5, 0.6) is 11.5 Å². The smallest absolute Gasteiger partial charge is 0.328 e. The van der Waals surface area contributed by atoms with Crippen molar-refractivity contribution in [3.63, 3.8) is 0 Å². The number of hydrogen-bond acceptors (Lipinski definition) is 3. The third-order valence-corrected chi connectivity index (χ3v) is 5.06. The van der Waals surface area contributed by atoms with Crippen LogP contribution < -0.4 is 9.47 Å². The average Bonchev–Trinajstić information content (AvgIpc) is 3.25. The van der Waals surface area contributed by atoms with Crippen molar-refractivity contribution in [2.75, 3.05) is 6.79 Å². The third-order valence-electron chi connectivity index (χ3n) is 5.06. The second-order valence-corrected chi connectivity index (χ2v) is 6.93. The maximum absolute atomic E-state index is 10.8. The zero-order chi connectivity index (χ0) is 20.9. The molecule has 0 aliphatic carbocycles. The van der Waals surface area contributed by atoms with Gasteiger partial charge in [0.25, 0.3) is 0 Å². The molecule has 1 heterocycles. The molecule has 4 rings (SSSR count). The highest BCUT2D eigenvalue weighted by atomic mass is 16.7. The van der Waals surface area contributed by atoms with Crippen LogP contribution in [0.4, 0.5) is 0 Å². The first-order valence-electron chi connectivity index (χ1n) is 9.85. The normalized spacial score (nSPS) is 13.4. The predicted octanol–water partition coefficient (Wildman–Crippen LogP) is 5.88. The van der Waals surface area contributed by atoms with Gasteiger partial charge in [-0.25, -0.2) is 4.79 Å². The fourth-order valence-corrected chi connectivity index (χ4v) is 3.66. The number of carboxylic acid groups (broad SMARTS) is 1. The average molecular weight is 398 g/mol. The molecule has 3 aromatic rings. The Labute approximate surface area is 175 Å². The standard InChI is InChI=1S/C26H22O4/c1-2-22(19-6-4-3-5-7-19)26(21-13-14-23-24(16-21)30-17-29-23)20-11-8-18(9-12-20)10-15-25(27)28/h3-16H,2,17H2,1H3,(H,27,28)/b15-10+,26-22+. The highest BCUT2D eigenvalue weighted by molar-refractivity contribution is 5.99. The summed E-state index contributed by atoms with van der Waals surface area (Å²) in [6.07, 6.45) is 3.59. The fourth-order valence-electron chi connectivity index (χ4n) is 3.66. The monoisotopic (exact) mass is 398 g/mol. The molecule has 4 nitrogen and oxygen atoms in total. The van der Waals surface area contributed by atoms with Crippen molar-refractivity contribution in [2.24, 2.45) is 0 Å². The summed E-state index contributed by atoms with van der Waals surface area (Å²) < 4.78 is 11.1. The minimum absolute atomic E-state index is 0.238. The number of allylic oxidation sites excluding steroid dienone is 1. The summed E-state index contributed by atoms with van der Waals surface area (Å²) in [6, 6.07) is 24.3. The van der Waals surface area contributed by atoms with Gasteiger partial charge >= 0.3 is 5.97 Å². The largest absolute Gasteiger partial charge is 0.478 e. The summed E-state index contributed by atoms with van der Waals surface area (Å²) >= 11 is 0. The van der Waals surface area contributed by atoms with Gasteiger partial charge in [-0.15, -0.1) is 0 Å².